The van der Waals surface area contributed by atoms with E-state index < -0.39 is 6.10 Å². The number of rotatable bonds is 2. The number of carbonyl (C=O) groups is 1. The van der Waals surface area contributed by atoms with Crippen molar-refractivity contribution in [3.8, 4) is 11.3 Å². The Labute approximate surface area is 164 Å². The van der Waals surface area contributed by atoms with Crippen molar-refractivity contribution in [2.75, 3.05) is 14.1 Å². The van der Waals surface area contributed by atoms with Crippen LogP contribution in [0.1, 0.15) is 45.6 Å². The number of benzene rings is 2. The first-order valence-electron chi connectivity index (χ1n) is 9.70. The van der Waals surface area contributed by atoms with Gasteiger partial charge in [0.1, 0.15) is 0 Å². The molecule has 28 heavy (non-hydrogen) atoms. The fraction of sp³-hybridized carbons (Fsp3) is 0.304. The molecule has 5 heteroatoms. The van der Waals surface area contributed by atoms with Gasteiger partial charge in [0.2, 0.25) is 0 Å². The number of hydrogen-bond acceptors (Lipinski definition) is 3. The molecule has 0 saturated heterocycles. The highest BCUT2D eigenvalue weighted by Crippen LogP contribution is 2.49. The van der Waals surface area contributed by atoms with E-state index in [0.717, 1.165) is 29.7 Å². The van der Waals surface area contributed by atoms with Gasteiger partial charge in [0.15, 0.2) is 0 Å². The molecular weight excluding hydrogens is 350 g/mol. The maximum absolute atomic E-state index is 12.3. The molecule has 3 aromatic rings. The fourth-order valence-electron chi connectivity index (χ4n) is 4.85. The summed E-state index contributed by atoms with van der Waals surface area (Å²) < 4.78 is 2.20. The Bertz CT molecular complexity index is 1070. The van der Waals surface area contributed by atoms with Crippen molar-refractivity contribution in [2.45, 2.75) is 25.0 Å². The summed E-state index contributed by atoms with van der Waals surface area (Å²) in [5.41, 5.74) is 6.27. The van der Waals surface area contributed by atoms with E-state index in [2.05, 4.69) is 33.8 Å². The van der Waals surface area contributed by atoms with Gasteiger partial charge in [0.25, 0.3) is 5.91 Å². The van der Waals surface area contributed by atoms with Crippen molar-refractivity contribution in [3.63, 3.8) is 0 Å². The predicted molar refractivity (Wildman–Crippen MR) is 107 cm³/mol. The van der Waals surface area contributed by atoms with Crippen LogP contribution in [0.15, 0.2) is 55.0 Å². The number of aliphatic hydroxyl groups is 1. The molecule has 1 aliphatic carbocycles. The molecule has 0 spiro atoms. The molecule has 0 fully saturated rings. The minimum Gasteiger partial charge on any atom is -0.388 e. The molecule has 2 aliphatic rings. The molecule has 1 amide bonds. The monoisotopic (exact) mass is 373 g/mol. The van der Waals surface area contributed by atoms with Crippen LogP contribution < -0.4 is 0 Å². The van der Waals surface area contributed by atoms with Gasteiger partial charge in [0.05, 0.1) is 30.4 Å². The topological polar surface area (TPSA) is 58.4 Å². The van der Waals surface area contributed by atoms with E-state index in [1.54, 1.807) is 19.0 Å². The lowest BCUT2D eigenvalue weighted by Gasteiger charge is -2.35. The van der Waals surface area contributed by atoms with Crippen LogP contribution in [-0.2, 0) is 6.42 Å². The maximum Gasteiger partial charge on any atom is 0.253 e. The van der Waals surface area contributed by atoms with Crippen LogP contribution in [0, 0.1) is 5.92 Å². The van der Waals surface area contributed by atoms with E-state index >= 15 is 0 Å². The molecule has 2 aromatic carbocycles. The van der Waals surface area contributed by atoms with Crippen LogP contribution >= 0.6 is 0 Å². The van der Waals surface area contributed by atoms with Crippen molar-refractivity contribution >= 4 is 5.91 Å². The average Bonchev–Trinajstić information content (AvgIpc) is 3.29. The van der Waals surface area contributed by atoms with Crippen LogP contribution in [0.5, 0.6) is 0 Å². The second-order valence-electron chi connectivity index (χ2n) is 7.98. The highest BCUT2D eigenvalue weighted by atomic mass is 16.3. The molecule has 1 aliphatic heterocycles. The lowest BCUT2D eigenvalue weighted by Crippen LogP contribution is -2.29. The highest BCUT2D eigenvalue weighted by Gasteiger charge is 2.40. The van der Waals surface area contributed by atoms with Crippen LogP contribution in [0.2, 0.25) is 0 Å². The van der Waals surface area contributed by atoms with Gasteiger partial charge in [-0.2, -0.15) is 0 Å². The number of aromatic nitrogens is 2. The van der Waals surface area contributed by atoms with Gasteiger partial charge in [-0.05, 0) is 41.7 Å². The van der Waals surface area contributed by atoms with E-state index in [1.165, 1.54) is 11.1 Å². The summed E-state index contributed by atoms with van der Waals surface area (Å²) in [5, 5.41) is 11.3. The fourth-order valence-corrected chi connectivity index (χ4v) is 4.85. The smallest absolute Gasteiger partial charge is 0.253 e. The minimum absolute atomic E-state index is 0.00723. The first-order valence-corrected chi connectivity index (χ1v) is 9.70. The number of amides is 1. The number of fused-ring (bicyclic) bond motifs is 4. The van der Waals surface area contributed by atoms with Gasteiger partial charge in [-0.1, -0.05) is 30.3 Å². The van der Waals surface area contributed by atoms with Gasteiger partial charge in [-0.25, -0.2) is 4.98 Å². The van der Waals surface area contributed by atoms with Crippen molar-refractivity contribution in [3.05, 3.63) is 77.2 Å². The number of nitrogens with zero attached hydrogens (tertiary/aromatic N) is 3. The first kappa shape index (κ1) is 17.2. The molecule has 0 bridgehead atoms. The summed E-state index contributed by atoms with van der Waals surface area (Å²) in [5.74, 6) is 0.0618. The standard InChI is InChI=1S/C23H23N3O2/c1-25(2)23(28)15-8-9-16-14(11-15)7-10-19(22(16)27)21-18-6-4-3-5-17(18)20-12-24-13-26(20)21/h3-6,8-9,11-13,19,21-22,27H,7,10H2,1-2H3/t19-,21+,22-/m1/s1. The second kappa shape index (κ2) is 6.31. The summed E-state index contributed by atoms with van der Waals surface area (Å²) in [6.07, 6.45) is 4.93. The number of imidazole rings is 1. The van der Waals surface area contributed by atoms with Gasteiger partial charge < -0.3 is 14.6 Å². The lowest BCUT2D eigenvalue weighted by molar-refractivity contribution is 0.0717. The third-order valence-electron chi connectivity index (χ3n) is 6.19. The SMILES string of the molecule is CN(C)C(=O)c1ccc2c(c1)CC[C@H]([C@@H]1c3ccccc3-c3cncn31)[C@@H]2O. The van der Waals surface area contributed by atoms with Crippen LogP contribution in [-0.4, -0.2) is 39.6 Å². The summed E-state index contributed by atoms with van der Waals surface area (Å²) in [4.78, 5) is 18.2. The Balaban J connectivity index is 1.53. The highest BCUT2D eigenvalue weighted by molar-refractivity contribution is 5.94. The Hall–Kier alpha value is -2.92. The molecule has 0 saturated carbocycles. The summed E-state index contributed by atoms with van der Waals surface area (Å²) >= 11 is 0. The minimum atomic E-state index is -0.571. The van der Waals surface area contributed by atoms with E-state index in [0.29, 0.717) is 5.56 Å². The van der Waals surface area contributed by atoms with Crippen molar-refractivity contribution in [2.24, 2.45) is 5.92 Å². The molecule has 1 N–H and O–H groups in total. The Kier molecular flexibility index (Phi) is 3.88. The molecule has 5 nitrogen and oxygen atoms in total. The maximum atomic E-state index is 12.3. The van der Waals surface area contributed by atoms with Crippen molar-refractivity contribution < 1.29 is 9.90 Å². The Morgan fingerprint density at radius 2 is 2.00 bits per heavy atom. The second-order valence-corrected chi connectivity index (χ2v) is 7.98. The van der Waals surface area contributed by atoms with Crippen LogP contribution in [0.3, 0.4) is 0 Å². The molecule has 2 heterocycles. The summed E-state index contributed by atoms with van der Waals surface area (Å²) in [7, 11) is 3.51. The van der Waals surface area contributed by atoms with Gasteiger partial charge in [-0.15, -0.1) is 0 Å². The van der Waals surface area contributed by atoms with E-state index in [1.807, 2.05) is 30.7 Å². The van der Waals surface area contributed by atoms with Gasteiger partial charge >= 0.3 is 0 Å². The van der Waals surface area contributed by atoms with Crippen LogP contribution in [0.4, 0.5) is 0 Å². The van der Waals surface area contributed by atoms with E-state index in [4.69, 9.17) is 0 Å². The van der Waals surface area contributed by atoms with Crippen molar-refractivity contribution in [1.82, 2.24) is 14.5 Å². The van der Waals surface area contributed by atoms with Gasteiger partial charge in [0, 0.05) is 31.1 Å². The molecule has 3 atom stereocenters. The predicted octanol–water partition coefficient (Wildman–Crippen LogP) is 3.45. The number of aryl methyl sites for hydroxylation is 1. The summed E-state index contributed by atoms with van der Waals surface area (Å²) in [6.45, 7) is 0. The number of aliphatic hydroxyl groups excluding tert-OH is 1. The summed E-state index contributed by atoms with van der Waals surface area (Å²) in [6, 6.07) is 14.2. The lowest BCUT2D eigenvalue weighted by atomic mass is 9.75. The first-order chi connectivity index (χ1) is 13.6. The third kappa shape index (κ3) is 2.43. The zero-order valence-electron chi connectivity index (χ0n) is 16.0. The Morgan fingerprint density at radius 3 is 2.82 bits per heavy atom. The number of carbonyl (C=O) groups excluding carboxylic acids is 1. The molecule has 5 rings (SSSR count). The molecule has 142 valence electrons. The average molecular weight is 373 g/mol. The third-order valence-corrected chi connectivity index (χ3v) is 6.19. The van der Waals surface area contributed by atoms with Gasteiger partial charge in [-0.3, -0.25) is 4.79 Å². The number of hydrogen-bond donors (Lipinski definition) is 1. The van der Waals surface area contributed by atoms with Crippen molar-refractivity contribution in [1.29, 1.82) is 0 Å². The largest absolute Gasteiger partial charge is 0.388 e. The van der Waals surface area contributed by atoms with E-state index in [-0.39, 0.29) is 17.9 Å². The normalized spacial score (nSPS) is 22.3. The Morgan fingerprint density at radius 1 is 1.18 bits per heavy atom. The molecule has 0 unspecified atom stereocenters. The van der Waals surface area contributed by atoms with E-state index in [9.17, 15) is 9.90 Å². The molecule has 1 aromatic heterocycles. The zero-order chi connectivity index (χ0) is 19.4. The zero-order valence-corrected chi connectivity index (χ0v) is 16.0. The molecule has 0 radical (unpaired) electrons. The van der Waals surface area contributed by atoms with Crippen LogP contribution in [0.25, 0.3) is 11.3 Å². The molecular formula is C23H23N3O2. The quantitative estimate of drug-likeness (QED) is 0.748.